The van der Waals surface area contributed by atoms with Gasteiger partial charge in [-0.25, -0.2) is 0 Å². The van der Waals surface area contributed by atoms with Crippen molar-refractivity contribution in [3.63, 3.8) is 0 Å². The fourth-order valence-electron chi connectivity index (χ4n) is 1.82. The first-order valence-corrected chi connectivity index (χ1v) is 8.06. The summed E-state index contributed by atoms with van der Waals surface area (Å²) in [5.41, 5.74) is 0. The van der Waals surface area contributed by atoms with Crippen LogP contribution in [0.15, 0.2) is 27.8 Å². The van der Waals surface area contributed by atoms with Crippen LogP contribution in [-0.4, -0.2) is 52.0 Å². The zero-order valence-corrected chi connectivity index (χ0v) is 13.8. The van der Waals surface area contributed by atoms with Crippen LogP contribution in [0.5, 0.6) is 0 Å². The summed E-state index contributed by atoms with van der Waals surface area (Å²) >= 11 is 0. The number of furan rings is 1. The monoisotopic (exact) mass is 311 g/mol. The molecule has 1 heterocycles. The van der Waals surface area contributed by atoms with Crippen molar-refractivity contribution in [3.8, 4) is 0 Å². The lowest BCUT2D eigenvalue weighted by Gasteiger charge is -2.12. The van der Waals surface area contributed by atoms with Gasteiger partial charge >= 0.3 is 0 Å². The fourth-order valence-corrected chi connectivity index (χ4v) is 1.82. The van der Waals surface area contributed by atoms with E-state index >= 15 is 0 Å². The highest BCUT2D eigenvalue weighted by Crippen LogP contribution is 1.99. The highest BCUT2D eigenvalue weighted by atomic mass is 16.5. The molecule has 6 heteroatoms. The average Bonchev–Trinajstić information content (AvgIpc) is 3.04. The third-order valence-electron chi connectivity index (χ3n) is 2.91. The van der Waals surface area contributed by atoms with Crippen LogP contribution in [0.1, 0.15) is 26.0 Å². The quantitative estimate of drug-likeness (QED) is 0.350. The molecule has 2 N–H and O–H groups in total. The summed E-state index contributed by atoms with van der Waals surface area (Å²) in [6, 6.07) is 3.88. The number of aliphatic imine (C=N–C) groups is 1. The number of hydrogen-bond acceptors (Lipinski definition) is 4. The summed E-state index contributed by atoms with van der Waals surface area (Å²) in [5.74, 6) is 1.78. The summed E-state index contributed by atoms with van der Waals surface area (Å²) in [7, 11) is 0. The van der Waals surface area contributed by atoms with Gasteiger partial charge in [-0.15, -0.1) is 0 Å². The van der Waals surface area contributed by atoms with Crippen molar-refractivity contribution in [2.45, 2.75) is 26.7 Å². The van der Waals surface area contributed by atoms with Crippen molar-refractivity contribution in [2.24, 2.45) is 4.99 Å². The highest BCUT2D eigenvalue weighted by molar-refractivity contribution is 5.79. The molecule has 1 rings (SSSR count). The van der Waals surface area contributed by atoms with E-state index in [1.165, 1.54) is 0 Å². The van der Waals surface area contributed by atoms with Gasteiger partial charge in [0.05, 0.1) is 12.9 Å². The Morgan fingerprint density at radius 2 is 1.91 bits per heavy atom. The molecule has 6 nitrogen and oxygen atoms in total. The van der Waals surface area contributed by atoms with E-state index in [0.29, 0.717) is 6.61 Å². The molecule has 0 radical (unpaired) electrons. The summed E-state index contributed by atoms with van der Waals surface area (Å²) in [6.07, 6.45) is 3.45. The van der Waals surface area contributed by atoms with Gasteiger partial charge in [-0.05, 0) is 32.4 Å². The van der Waals surface area contributed by atoms with E-state index in [1.807, 2.05) is 26.0 Å². The Hall–Kier alpha value is -1.53. The van der Waals surface area contributed by atoms with Crippen molar-refractivity contribution in [2.75, 3.05) is 46.1 Å². The van der Waals surface area contributed by atoms with Gasteiger partial charge < -0.3 is 24.5 Å². The van der Waals surface area contributed by atoms with E-state index in [9.17, 15) is 0 Å². The molecular formula is C16H29N3O3. The van der Waals surface area contributed by atoms with Crippen molar-refractivity contribution in [1.29, 1.82) is 0 Å². The van der Waals surface area contributed by atoms with Crippen LogP contribution in [0.25, 0.3) is 0 Å². The van der Waals surface area contributed by atoms with E-state index in [2.05, 4.69) is 15.6 Å². The molecule has 0 aromatic carbocycles. The molecule has 1 aromatic heterocycles. The third kappa shape index (κ3) is 9.41. The van der Waals surface area contributed by atoms with E-state index in [0.717, 1.165) is 64.0 Å². The maximum Gasteiger partial charge on any atom is 0.191 e. The topological polar surface area (TPSA) is 68.0 Å². The molecule has 22 heavy (non-hydrogen) atoms. The number of nitrogens with one attached hydrogen (secondary N) is 2. The van der Waals surface area contributed by atoms with Crippen molar-refractivity contribution >= 4 is 5.96 Å². The van der Waals surface area contributed by atoms with Gasteiger partial charge in [0.25, 0.3) is 0 Å². The van der Waals surface area contributed by atoms with Crippen molar-refractivity contribution < 1.29 is 13.9 Å². The van der Waals surface area contributed by atoms with Crippen LogP contribution in [0.4, 0.5) is 0 Å². The van der Waals surface area contributed by atoms with Crippen LogP contribution in [0.3, 0.4) is 0 Å². The van der Waals surface area contributed by atoms with Gasteiger partial charge in [0, 0.05) is 45.9 Å². The van der Waals surface area contributed by atoms with Gasteiger partial charge in [0.1, 0.15) is 5.76 Å². The molecule has 0 unspecified atom stereocenters. The smallest absolute Gasteiger partial charge is 0.191 e. The summed E-state index contributed by atoms with van der Waals surface area (Å²) < 4.78 is 16.0. The Kier molecular flexibility index (Phi) is 11.1. The van der Waals surface area contributed by atoms with E-state index in [1.54, 1.807) is 6.26 Å². The highest BCUT2D eigenvalue weighted by Gasteiger charge is 2.00. The predicted molar refractivity (Wildman–Crippen MR) is 88.3 cm³/mol. The maximum absolute atomic E-state index is 5.32. The minimum absolute atomic E-state index is 0.675. The zero-order valence-electron chi connectivity index (χ0n) is 13.8. The fraction of sp³-hybridized carbons (Fsp3) is 0.688. The van der Waals surface area contributed by atoms with Gasteiger partial charge in [0.2, 0.25) is 0 Å². The molecule has 1 aromatic rings. The molecule has 0 spiro atoms. The molecule has 0 bridgehead atoms. The Balaban J connectivity index is 2.26. The molecule has 0 aliphatic carbocycles. The third-order valence-corrected chi connectivity index (χ3v) is 2.91. The first-order chi connectivity index (χ1) is 10.9. The standard InChI is InChI=1S/C16H29N3O3/c1-3-20-12-6-9-17-16(19-11-14-21-4-2)18-10-8-15-7-5-13-22-15/h5,7,13H,3-4,6,8-12,14H2,1-2H3,(H2,17,18,19). The first kappa shape index (κ1) is 18.5. The lowest BCUT2D eigenvalue weighted by atomic mass is 10.3. The number of rotatable bonds is 12. The van der Waals surface area contributed by atoms with Crippen LogP contribution >= 0.6 is 0 Å². The van der Waals surface area contributed by atoms with Crippen molar-refractivity contribution in [1.82, 2.24) is 10.6 Å². The zero-order chi connectivity index (χ0) is 15.9. The van der Waals surface area contributed by atoms with Gasteiger partial charge in [-0.1, -0.05) is 0 Å². The summed E-state index contributed by atoms with van der Waals surface area (Å²) in [6.45, 7) is 9.16. The Labute approximate surface area is 133 Å². The minimum atomic E-state index is 0.675. The van der Waals surface area contributed by atoms with Crippen LogP contribution in [0.2, 0.25) is 0 Å². The summed E-state index contributed by atoms with van der Waals surface area (Å²) in [5, 5.41) is 6.58. The van der Waals surface area contributed by atoms with Gasteiger partial charge in [-0.3, -0.25) is 4.99 Å². The summed E-state index contributed by atoms with van der Waals surface area (Å²) in [4.78, 5) is 4.54. The maximum atomic E-state index is 5.32. The lowest BCUT2D eigenvalue weighted by Crippen LogP contribution is -2.40. The second-order valence-corrected chi connectivity index (χ2v) is 4.66. The van der Waals surface area contributed by atoms with E-state index in [-0.39, 0.29) is 0 Å². The minimum Gasteiger partial charge on any atom is -0.469 e. The van der Waals surface area contributed by atoms with Crippen LogP contribution in [0, 0.1) is 0 Å². The molecule has 0 saturated carbocycles. The molecule has 0 fully saturated rings. The predicted octanol–water partition coefficient (Wildman–Crippen LogP) is 1.82. The van der Waals surface area contributed by atoms with Gasteiger partial charge in [-0.2, -0.15) is 0 Å². The van der Waals surface area contributed by atoms with E-state index < -0.39 is 0 Å². The Morgan fingerprint density at radius 3 is 2.64 bits per heavy atom. The molecule has 0 aliphatic rings. The SMILES string of the molecule is CCOCCCN=C(NCCOCC)NCCc1ccco1. The van der Waals surface area contributed by atoms with Crippen molar-refractivity contribution in [3.05, 3.63) is 24.2 Å². The number of ether oxygens (including phenoxy) is 2. The van der Waals surface area contributed by atoms with E-state index in [4.69, 9.17) is 13.9 Å². The van der Waals surface area contributed by atoms with Crippen LogP contribution < -0.4 is 10.6 Å². The lowest BCUT2D eigenvalue weighted by molar-refractivity contribution is 0.146. The Bertz CT molecular complexity index is 380. The molecule has 0 amide bonds. The van der Waals surface area contributed by atoms with Gasteiger partial charge in [0.15, 0.2) is 5.96 Å². The molecular weight excluding hydrogens is 282 g/mol. The first-order valence-electron chi connectivity index (χ1n) is 8.06. The molecule has 0 saturated heterocycles. The number of nitrogens with zero attached hydrogens (tertiary/aromatic N) is 1. The molecule has 0 atom stereocenters. The normalized spacial score (nSPS) is 11.6. The van der Waals surface area contributed by atoms with Crippen LogP contribution in [-0.2, 0) is 15.9 Å². The molecule has 0 aliphatic heterocycles. The number of guanidine groups is 1. The molecule has 126 valence electrons. The largest absolute Gasteiger partial charge is 0.469 e. The number of hydrogen-bond donors (Lipinski definition) is 2. The second kappa shape index (κ2) is 13.2. The Morgan fingerprint density at radius 1 is 1.14 bits per heavy atom. The average molecular weight is 311 g/mol. The second-order valence-electron chi connectivity index (χ2n) is 4.66.